The fraction of sp³-hybridized carbons (Fsp3) is 0.438. The molecule has 0 saturated heterocycles. The molecule has 2 rings (SSSR count). The Morgan fingerprint density at radius 1 is 1.09 bits per heavy atom. The highest BCUT2D eigenvalue weighted by atomic mass is 16.4. The number of carboxylic acids is 1. The molecule has 22 heavy (non-hydrogen) atoms. The number of nitrogens with zero attached hydrogens (tertiary/aromatic N) is 1. The van der Waals surface area contributed by atoms with Gasteiger partial charge in [0.05, 0.1) is 5.92 Å². The van der Waals surface area contributed by atoms with Gasteiger partial charge in [-0.25, -0.2) is 0 Å². The summed E-state index contributed by atoms with van der Waals surface area (Å²) < 4.78 is 0. The fourth-order valence-corrected chi connectivity index (χ4v) is 2.63. The van der Waals surface area contributed by atoms with E-state index in [-0.39, 0.29) is 23.8 Å². The van der Waals surface area contributed by atoms with Crippen LogP contribution in [0.5, 0.6) is 0 Å². The molecule has 0 aliphatic heterocycles. The molecule has 118 valence electrons. The Hall–Kier alpha value is -2.37. The largest absolute Gasteiger partial charge is 0.481 e. The summed E-state index contributed by atoms with van der Waals surface area (Å²) >= 11 is 0. The molecule has 1 aliphatic carbocycles. The average Bonchev–Trinajstić information content (AvgIpc) is 2.95. The molecule has 6 heteroatoms. The van der Waals surface area contributed by atoms with Crippen LogP contribution in [-0.2, 0) is 4.79 Å². The van der Waals surface area contributed by atoms with Gasteiger partial charge in [-0.2, -0.15) is 0 Å². The smallest absolute Gasteiger partial charge is 0.306 e. The zero-order valence-corrected chi connectivity index (χ0v) is 12.7. The highest BCUT2D eigenvalue weighted by molar-refractivity contribution is 5.97. The summed E-state index contributed by atoms with van der Waals surface area (Å²) in [5, 5.41) is 11.8. The Labute approximate surface area is 129 Å². The SMILES string of the molecule is CN(C)C(=O)c1ccc(C(=O)N[C@H]2CC[C@@H](C(=O)O)C2)cc1. The van der Waals surface area contributed by atoms with Crippen molar-refractivity contribution in [2.75, 3.05) is 14.1 Å². The van der Waals surface area contributed by atoms with Crippen molar-refractivity contribution in [3.05, 3.63) is 35.4 Å². The van der Waals surface area contributed by atoms with Crippen molar-refractivity contribution < 1.29 is 19.5 Å². The summed E-state index contributed by atoms with van der Waals surface area (Å²) in [5.41, 5.74) is 0.988. The monoisotopic (exact) mass is 304 g/mol. The third-order valence-electron chi connectivity index (χ3n) is 3.92. The molecule has 1 aromatic rings. The van der Waals surface area contributed by atoms with Crippen molar-refractivity contribution in [2.45, 2.75) is 25.3 Å². The minimum atomic E-state index is -0.803. The first-order chi connectivity index (χ1) is 10.4. The molecular formula is C16H20N2O4. The molecule has 1 aromatic carbocycles. The number of amides is 2. The number of hydrogen-bond donors (Lipinski definition) is 2. The second-order valence-electron chi connectivity index (χ2n) is 5.80. The summed E-state index contributed by atoms with van der Waals surface area (Å²) in [7, 11) is 3.34. The van der Waals surface area contributed by atoms with E-state index in [9.17, 15) is 14.4 Å². The minimum Gasteiger partial charge on any atom is -0.481 e. The van der Waals surface area contributed by atoms with Gasteiger partial charge in [0.1, 0.15) is 0 Å². The molecule has 0 heterocycles. The third-order valence-corrected chi connectivity index (χ3v) is 3.92. The minimum absolute atomic E-state index is 0.100. The Morgan fingerprint density at radius 2 is 1.68 bits per heavy atom. The van der Waals surface area contributed by atoms with E-state index in [2.05, 4.69) is 5.32 Å². The van der Waals surface area contributed by atoms with Crippen LogP contribution in [0.1, 0.15) is 40.0 Å². The molecule has 2 N–H and O–H groups in total. The van der Waals surface area contributed by atoms with Gasteiger partial charge in [-0.15, -0.1) is 0 Å². The lowest BCUT2D eigenvalue weighted by molar-refractivity contribution is -0.141. The van der Waals surface area contributed by atoms with E-state index < -0.39 is 5.97 Å². The molecule has 0 spiro atoms. The van der Waals surface area contributed by atoms with Crippen LogP contribution >= 0.6 is 0 Å². The summed E-state index contributed by atoms with van der Waals surface area (Å²) in [6.07, 6.45) is 1.74. The zero-order chi connectivity index (χ0) is 16.3. The molecule has 0 unspecified atom stereocenters. The number of benzene rings is 1. The van der Waals surface area contributed by atoms with Crippen LogP contribution in [0.15, 0.2) is 24.3 Å². The van der Waals surface area contributed by atoms with E-state index >= 15 is 0 Å². The number of nitrogens with one attached hydrogen (secondary N) is 1. The van der Waals surface area contributed by atoms with Gasteiger partial charge in [0.25, 0.3) is 11.8 Å². The highest BCUT2D eigenvalue weighted by Gasteiger charge is 2.30. The topological polar surface area (TPSA) is 86.7 Å². The molecule has 1 saturated carbocycles. The summed E-state index contributed by atoms with van der Waals surface area (Å²) in [6, 6.07) is 6.35. The normalized spacial score (nSPS) is 20.5. The average molecular weight is 304 g/mol. The fourth-order valence-electron chi connectivity index (χ4n) is 2.63. The van der Waals surface area contributed by atoms with Crippen LogP contribution in [0.2, 0.25) is 0 Å². The highest BCUT2D eigenvalue weighted by Crippen LogP contribution is 2.25. The van der Waals surface area contributed by atoms with E-state index in [0.29, 0.717) is 30.4 Å². The molecule has 2 atom stereocenters. The number of carbonyl (C=O) groups excluding carboxylic acids is 2. The Bertz CT molecular complexity index is 580. The van der Waals surface area contributed by atoms with Crippen molar-refractivity contribution in [2.24, 2.45) is 5.92 Å². The predicted octanol–water partition coefficient (Wildman–Crippen LogP) is 1.37. The quantitative estimate of drug-likeness (QED) is 0.879. The summed E-state index contributed by atoms with van der Waals surface area (Å²) in [6.45, 7) is 0. The molecule has 2 amide bonds. The van der Waals surface area contributed by atoms with E-state index in [1.165, 1.54) is 4.90 Å². The van der Waals surface area contributed by atoms with Crippen LogP contribution in [0.3, 0.4) is 0 Å². The molecule has 1 fully saturated rings. The van der Waals surface area contributed by atoms with Crippen molar-refractivity contribution in [1.29, 1.82) is 0 Å². The van der Waals surface area contributed by atoms with Gasteiger partial charge in [-0.05, 0) is 43.5 Å². The molecule has 0 bridgehead atoms. The van der Waals surface area contributed by atoms with Crippen LogP contribution in [-0.4, -0.2) is 47.9 Å². The number of carboxylic acid groups (broad SMARTS) is 1. The molecular weight excluding hydrogens is 284 g/mol. The van der Waals surface area contributed by atoms with Crippen LogP contribution in [0.4, 0.5) is 0 Å². The first-order valence-electron chi connectivity index (χ1n) is 7.24. The van der Waals surface area contributed by atoms with Gasteiger partial charge in [-0.1, -0.05) is 0 Å². The Balaban J connectivity index is 1.96. The number of rotatable bonds is 4. The lowest BCUT2D eigenvalue weighted by Gasteiger charge is -2.13. The van der Waals surface area contributed by atoms with Gasteiger partial charge in [0.15, 0.2) is 0 Å². The van der Waals surface area contributed by atoms with E-state index in [1.54, 1.807) is 38.4 Å². The van der Waals surface area contributed by atoms with Crippen molar-refractivity contribution >= 4 is 17.8 Å². The zero-order valence-electron chi connectivity index (χ0n) is 12.7. The lowest BCUT2D eigenvalue weighted by Crippen LogP contribution is -2.33. The van der Waals surface area contributed by atoms with Crippen molar-refractivity contribution in [1.82, 2.24) is 10.2 Å². The van der Waals surface area contributed by atoms with Gasteiger partial charge < -0.3 is 15.3 Å². The van der Waals surface area contributed by atoms with Crippen molar-refractivity contribution in [3.8, 4) is 0 Å². The van der Waals surface area contributed by atoms with Crippen LogP contribution in [0.25, 0.3) is 0 Å². The molecule has 6 nitrogen and oxygen atoms in total. The van der Waals surface area contributed by atoms with Gasteiger partial charge in [0.2, 0.25) is 0 Å². The Morgan fingerprint density at radius 3 is 2.18 bits per heavy atom. The van der Waals surface area contributed by atoms with Gasteiger partial charge >= 0.3 is 5.97 Å². The second kappa shape index (κ2) is 6.60. The van der Waals surface area contributed by atoms with E-state index in [0.717, 1.165) is 0 Å². The first kappa shape index (κ1) is 16.0. The summed E-state index contributed by atoms with van der Waals surface area (Å²) in [4.78, 5) is 36.3. The first-order valence-corrected chi connectivity index (χ1v) is 7.24. The maximum absolute atomic E-state index is 12.1. The maximum atomic E-state index is 12.1. The van der Waals surface area contributed by atoms with E-state index in [4.69, 9.17) is 5.11 Å². The predicted molar refractivity (Wildman–Crippen MR) is 80.7 cm³/mol. The second-order valence-corrected chi connectivity index (χ2v) is 5.80. The lowest BCUT2D eigenvalue weighted by atomic mass is 10.1. The Kier molecular flexibility index (Phi) is 4.80. The third kappa shape index (κ3) is 3.63. The van der Waals surface area contributed by atoms with E-state index in [1.807, 2.05) is 0 Å². The number of aliphatic carboxylic acids is 1. The van der Waals surface area contributed by atoms with Crippen molar-refractivity contribution in [3.63, 3.8) is 0 Å². The van der Waals surface area contributed by atoms with Gasteiger partial charge in [0, 0.05) is 31.3 Å². The maximum Gasteiger partial charge on any atom is 0.306 e. The number of carbonyl (C=O) groups is 3. The van der Waals surface area contributed by atoms with Crippen LogP contribution in [0, 0.1) is 5.92 Å². The molecule has 0 aromatic heterocycles. The summed E-state index contributed by atoms with van der Waals surface area (Å²) in [5.74, 6) is -1.53. The standard InChI is InChI=1S/C16H20N2O4/c1-18(2)15(20)11-5-3-10(4-6-11)14(19)17-13-8-7-12(9-13)16(21)22/h3-6,12-13H,7-9H2,1-2H3,(H,17,19)(H,21,22)/t12-,13+/m1/s1. The van der Waals surface area contributed by atoms with Crippen LogP contribution < -0.4 is 5.32 Å². The van der Waals surface area contributed by atoms with Gasteiger partial charge in [-0.3, -0.25) is 14.4 Å². The molecule has 1 aliphatic rings. The molecule has 0 radical (unpaired) electrons. The number of hydrogen-bond acceptors (Lipinski definition) is 3.